The second-order valence-corrected chi connectivity index (χ2v) is 10.9. The van der Waals surface area contributed by atoms with Crippen molar-refractivity contribution in [3.8, 4) is 11.3 Å². The average molecular weight is 549 g/mol. The van der Waals surface area contributed by atoms with E-state index < -0.39 is 5.41 Å². The number of carbonyl (C=O) groups is 2. The highest BCUT2D eigenvalue weighted by molar-refractivity contribution is 9.10. The number of aryl methyl sites for hydroxylation is 1. The molecular weight excluding hydrogens is 519 g/mol. The number of Topliss-reactive ketones (excluding diaryl/α,β-unsaturated/α-hetero) is 1. The van der Waals surface area contributed by atoms with Crippen LogP contribution in [0.15, 0.2) is 71.2 Å². The zero-order valence-electron chi connectivity index (χ0n) is 21.0. The molecule has 36 heavy (non-hydrogen) atoms. The number of rotatable bonds is 7. The Hall–Kier alpha value is -3.25. The molecule has 3 aromatic carbocycles. The Bertz CT molecular complexity index is 1430. The summed E-state index contributed by atoms with van der Waals surface area (Å²) >= 11 is 3.51. The van der Waals surface area contributed by atoms with E-state index >= 15 is 0 Å². The number of hydrogen-bond acceptors (Lipinski definition) is 2. The maximum Gasteiger partial charge on any atom is 0.225 e. The fraction of sp³-hybridized carbons (Fsp3) is 0.267. The van der Waals surface area contributed by atoms with Crippen molar-refractivity contribution < 1.29 is 14.0 Å². The van der Waals surface area contributed by atoms with Gasteiger partial charge in [0.2, 0.25) is 5.91 Å². The van der Waals surface area contributed by atoms with Gasteiger partial charge in [0.15, 0.2) is 5.78 Å². The molecule has 0 saturated carbocycles. The van der Waals surface area contributed by atoms with Crippen LogP contribution in [0.4, 0.5) is 4.39 Å². The van der Waals surface area contributed by atoms with Gasteiger partial charge in [0.25, 0.3) is 0 Å². The first kappa shape index (κ1) is 25.8. The maximum absolute atomic E-state index is 13.4. The minimum absolute atomic E-state index is 0.00101. The van der Waals surface area contributed by atoms with Gasteiger partial charge >= 0.3 is 0 Å². The van der Waals surface area contributed by atoms with Gasteiger partial charge in [-0.2, -0.15) is 0 Å². The van der Waals surface area contributed by atoms with Crippen molar-refractivity contribution in [2.24, 2.45) is 5.41 Å². The molecule has 1 N–H and O–H groups in total. The molecule has 0 bridgehead atoms. The SMILES string of the molecule is CCn1c(-c2ccc(F)cc2)cc2cc(CC(=O)c3cc(CNC(=O)C(C)(C)C)ccc3Br)ccc21. The minimum Gasteiger partial charge on any atom is -0.352 e. The molecular formula is C30H30BrFN2O2. The summed E-state index contributed by atoms with van der Waals surface area (Å²) in [6.07, 6.45) is 0.259. The Balaban J connectivity index is 1.57. The van der Waals surface area contributed by atoms with Crippen molar-refractivity contribution in [2.45, 2.75) is 47.2 Å². The van der Waals surface area contributed by atoms with Crippen LogP contribution >= 0.6 is 15.9 Å². The lowest BCUT2D eigenvalue weighted by molar-refractivity contribution is -0.128. The molecule has 6 heteroatoms. The smallest absolute Gasteiger partial charge is 0.225 e. The average Bonchev–Trinajstić information content (AvgIpc) is 3.20. The van der Waals surface area contributed by atoms with Crippen molar-refractivity contribution in [2.75, 3.05) is 0 Å². The third-order valence-electron chi connectivity index (χ3n) is 6.25. The Morgan fingerprint density at radius 3 is 2.31 bits per heavy atom. The van der Waals surface area contributed by atoms with Gasteiger partial charge in [-0.15, -0.1) is 0 Å². The van der Waals surface area contributed by atoms with Gasteiger partial charge in [-0.3, -0.25) is 9.59 Å². The van der Waals surface area contributed by atoms with Gasteiger partial charge in [-0.05, 0) is 78.2 Å². The first-order valence-electron chi connectivity index (χ1n) is 12.0. The molecule has 0 unspecified atom stereocenters. The summed E-state index contributed by atoms with van der Waals surface area (Å²) in [6.45, 7) is 8.83. The number of nitrogens with zero attached hydrogens (tertiary/aromatic N) is 1. The first-order valence-corrected chi connectivity index (χ1v) is 12.8. The van der Waals surface area contributed by atoms with E-state index in [9.17, 15) is 14.0 Å². The number of carbonyl (C=O) groups excluding carboxylic acids is 2. The summed E-state index contributed by atoms with van der Waals surface area (Å²) in [5.74, 6) is -0.296. The molecule has 1 heterocycles. The predicted molar refractivity (Wildman–Crippen MR) is 146 cm³/mol. The Morgan fingerprint density at radius 2 is 1.64 bits per heavy atom. The summed E-state index contributed by atoms with van der Waals surface area (Å²) in [5, 5.41) is 3.98. The topological polar surface area (TPSA) is 51.1 Å². The van der Waals surface area contributed by atoms with E-state index in [2.05, 4.69) is 38.8 Å². The maximum atomic E-state index is 13.4. The Labute approximate surface area is 219 Å². The second-order valence-electron chi connectivity index (χ2n) is 10.0. The van der Waals surface area contributed by atoms with Crippen LogP contribution in [0.1, 0.15) is 49.2 Å². The number of fused-ring (bicyclic) bond motifs is 1. The fourth-order valence-electron chi connectivity index (χ4n) is 4.26. The third-order valence-corrected chi connectivity index (χ3v) is 6.94. The normalized spacial score (nSPS) is 11.6. The molecule has 0 aliphatic rings. The molecule has 0 spiro atoms. The zero-order valence-corrected chi connectivity index (χ0v) is 22.6. The summed E-state index contributed by atoms with van der Waals surface area (Å²) < 4.78 is 16.3. The second kappa shape index (κ2) is 10.4. The highest BCUT2D eigenvalue weighted by Crippen LogP contribution is 2.30. The van der Waals surface area contributed by atoms with Crippen molar-refractivity contribution in [1.82, 2.24) is 9.88 Å². The van der Waals surface area contributed by atoms with Crippen LogP contribution in [0.3, 0.4) is 0 Å². The van der Waals surface area contributed by atoms with Crippen LogP contribution in [0.5, 0.6) is 0 Å². The largest absolute Gasteiger partial charge is 0.352 e. The van der Waals surface area contributed by atoms with E-state index in [4.69, 9.17) is 0 Å². The van der Waals surface area contributed by atoms with E-state index in [0.29, 0.717) is 12.1 Å². The van der Waals surface area contributed by atoms with Crippen LogP contribution < -0.4 is 5.32 Å². The Kier molecular flexibility index (Phi) is 7.46. The standard InChI is InChI=1S/C30H30BrFN2O2/c1-5-34-26-13-7-19(14-22(26)17-27(34)21-8-10-23(32)11-9-21)16-28(35)24-15-20(6-12-25(24)31)18-33-29(36)30(2,3)4/h6-15,17H,5,16,18H2,1-4H3,(H,33,36). The molecule has 0 saturated heterocycles. The van der Waals surface area contributed by atoms with Gasteiger partial charge in [0, 0.05) is 51.6 Å². The quantitative estimate of drug-likeness (QED) is 0.246. The highest BCUT2D eigenvalue weighted by atomic mass is 79.9. The summed E-state index contributed by atoms with van der Waals surface area (Å²) in [4.78, 5) is 25.5. The van der Waals surface area contributed by atoms with Crippen molar-refractivity contribution in [3.05, 3.63) is 93.7 Å². The number of aromatic nitrogens is 1. The van der Waals surface area contributed by atoms with Crippen LogP contribution in [-0.4, -0.2) is 16.3 Å². The lowest BCUT2D eigenvalue weighted by atomic mass is 9.95. The number of nitrogens with one attached hydrogen (secondary N) is 1. The van der Waals surface area contributed by atoms with Crippen LogP contribution in [0, 0.1) is 11.2 Å². The molecule has 0 aliphatic carbocycles. The lowest BCUT2D eigenvalue weighted by Gasteiger charge is -2.18. The predicted octanol–water partition coefficient (Wildman–Crippen LogP) is 7.32. The number of halogens is 2. The van der Waals surface area contributed by atoms with Crippen molar-refractivity contribution >= 4 is 38.5 Å². The number of hydrogen-bond donors (Lipinski definition) is 1. The summed E-state index contributed by atoms with van der Waals surface area (Å²) in [6, 6.07) is 20.3. The van der Waals surface area contributed by atoms with E-state index in [1.54, 1.807) is 12.1 Å². The summed E-state index contributed by atoms with van der Waals surface area (Å²) in [7, 11) is 0. The third kappa shape index (κ3) is 5.59. The monoisotopic (exact) mass is 548 g/mol. The van der Waals surface area contributed by atoms with Gasteiger partial charge < -0.3 is 9.88 Å². The lowest BCUT2D eigenvalue weighted by Crippen LogP contribution is -2.34. The van der Waals surface area contributed by atoms with Gasteiger partial charge in [-0.1, -0.05) is 48.8 Å². The molecule has 0 radical (unpaired) electrons. The van der Waals surface area contributed by atoms with Crippen LogP contribution in [-0.2, 0) is 24.3 Å². The molecule has 186 valence electrons. The number of amides is 1. The number of benzene rings is 3. The Morgan fingerprint density at radius 1 is 0.944 bits per heavy atom. The van der Waals surface area contributed by atoms with E-state index in [1.165, 1.54) is 12.1 Å². The first-order chi connectivity index (χ1) is 17.1. The highest BCUT2D eigenvalue weighted by Gasteiger charge is 2.21. The van der Waals surface area contributed by atoms with Crippen molar-refractivity contribution in [1.29, 1.82) is 0 Å². The minimum atomic E-state index is -0.472. The molecule has 4 nitrogen and oxygen atoms in total. The van der Waals surface area contributed by atoms with Crippen molar-refractivity contribution in [3.63, 3.8) is 0 Å². The fourth-order valence-corrected chi connectivity index (χ4v) is 4.72. The zero-order chi connectivity index (χ0) is 26.0. The van der Waals surface area contributed by atoms with Gasteiger partial charge in [0.1, 0.15) is 5.82 Å². The summed E-state index contributed by atoms with van der Waals surface area (Å²) in [5.41, 5.74) is 4.96. The molecule has 0 fully saturated rings. The van der Waals surface area contributed by atoms with Crippen LogP contribution in [0.2, 0.25) is 0 Å². The molecule has 1 amide bonds. The molecule has 0 atom stereocenters. The van der Waals surface area contributed by atoms with E-state index in [-0.39, 0.29) is 23.9 Å². The molecule has 4 aromatic rings. The number of ketones is 1. The van der Waals surface area contributed by atoms with E-state index in [1.807, 2.05) is 57.2 Å². The molecule has 1 aromatic heterocycles. The molecule has 0 aliphatic heterocycles. The van der Waals surface area contributed by atoms with Gasteiger partial charge in [0.05, 0.1) is 0 Å². The molecule has 4 rings (SSSR count). The van der Waals surface area contributed by atoms with Crippen LogP contribution in [0.25, 0.3) is 22.2 Å². The van der Waals surface area contributed by atoms with E-state index in [0.717, 1.165) is 44.3 Å². The van der Waals surface area contributed by atoms with Gasteiger partial charge in [-0.25, -0.2) is 4.39 Å².